The van der Waals surface area contributed by atoms with Crippen LogP contribution in [0.15, 0.2) is 24.3 Å². The van der Waals surface area contributed by atoms with Crippen LogP contribution >= 0.6 is 0 Å². The lowest BCUT2D eigenvalue weighted by molar-refractivity contribution is 0.0812. The molecule has 2 atom stereocenters. The number of amides is 2. The average Bonchev–Trinajstić information content (AvgIpc) is 2.62. The lowest BCUT2D eigenvalue weighted by Gasteiger charge is -2.45. The van der Waals surface area contributed by atoms with Crippen LogP contribution in [-0.2, 0) is 0 Å². The van der Waals surface area contributed by atoms with Gasteiger partial charge in [-0.15, -0.1) is 0 Å². The third-order valence-electron chi connectivity index (χ3n) is 4.61. The van der Waals surface area contributed by atoms with E-state index in [9.17, 15) is 4.79 Å². The van der Waals surface area contributed by atoms with Gasteiger partial charge in [-0.3, -0.25) is 0 Å². The van der Waals surface area contributed by atoms with Gasteiger partial charge in [-0.25, -0.2) is 15.2 Å². The maximum atomic E-state index is 12.5. The number of hydrogen-bond acceptors (Lipinski definition) is 2. The molecule has 0 unspecified atom stereocenters. The van der Waals surface area contributed by atoms with Gasteiger partial charge in [0.2, 0.25) is 0 Å². The predicted molar refractivity (Wildman–Crippen MR) is 84.9 cm³/mol. The van der Waals surface area contributed by atoms with Crippen molar-refractivity contribution in [2.24, 2.45) is 11.3 Å². The minimum Gasteiger partial charge on any atom is -0.317 e. The Morgan fingerprint density at radius 3 is 2.62 bits per heavy atom. The van der Waals surface area contributed by atoms with Crippen LogP contribution in [0.25, 0.3) is 0 Å². The van der Waals surface area contributed by atoms with Gasteiger partial charge in [0.05, 0.1) is 5.69 Å². The summed E-state index contributed by atoms with van der Waals surface area (Å²) in [5.74, 6) is 0.596. The topological polar surface area (TPSA) is 44.4 Å². The lowest BCUT2D eigenvalue weighted by atomic mass is 9.68. The first-order chi connectivity index (χ1) is 9.80. The maximum absolute atomic E-state index is 12.5. The number of nitrogens with zero attached hydrogens (tertiary/aromatic N) is 1. The van der Waals surface area contributed by atoms with E-state index in [-0.39, 0.29) is 17.1 Å². The van der Waals surface area contributed by atoms with Crippen molar-refractivity contribution >= 4 is 11.7 Å². The third kappa shape index (κ3) is 2.64. The number of nitrogens with one attached hydrogen (secondary N) is 2. The molecule has 114 valence electrons. The molecule has 1 aliphatic heterocycles. The number of hydrazine groups is 1. The summed E-state index contributed by atoms with van der Waals surface area (Å²) in [5.41, 5.74) is 5.43. The number of carbonyl (C=O) groups excluding carboxylic acids is 1. The van der Waals surface area contributed by atoms with E-state index in [1.54, 1.807) is 5.01 Å². The van der Waals surface area contributed by atoms with Crippen LogP contribution in [0.4, 0.5) is 10.5 Å². The quantitative estimate of drug-likeness (QED) is 0.829. The molecule has 4 nitrogen and oxygen atoms in total. The summed E-state index contributed by atoms with van der Waals surface area (Å²) in [4.78, 5) is 12.5. The molecule has 2 aliphatic rings. The zero-order valence-corrected chi connectivity index (χ0v) is 13.4. The van der Waals surface area contributed by atoms with Crippen molar-refractivity contribution in [2.45, 2.75) is 52.6 Å². The van der Waals surface area contributed by atoms with Crippen molar-refractivity contribution in [2.75, 3.05) is 5.01 Å². The molecule has 2 fully saturated rings. The highest BCUT2D eigenvalue weighted by Gasteiger charge is 2.49. The second-order valence-electron chi connectivity index (χ2n) is 7.60. The molecule has 2 amide bonds. The van der Waals surface area contributed by atoms with Crippen LogP contribution < -0.4 is 15.8 Å². The normalized spacial score (nSPS) is 31.5. The summed E-state index contributed by atoms with van der Waals surface area (Å²) in [6, 6.07) is 7.93. The van der Waals surface area contributed by atoms with Crippen LogP contribution in [-0.4, -0.2) is 11.7 Å². The second kappa shape index (κ2) is 4.73. The number of rotatable bonds is 1. The first-order valence-corrected chi connectivity index (χ1v) is 7.76. The predicted octanol–water partition coefficient (Wildman–Crippen LogP) is 3.57. The fraction of sp³-hybridized carbons (Fsp3) is 0.588. The monoisotopic (exact) mass is 287 g/mol. The van der Waals surface area contributed by atoms with E-state index in [2.05, 4.69) is 31.5 Å². The standard InChI is InChI=1S/C17H25N3O/c1-12-9-16(3,4)11-17(10-12)18-15(21)20(19-17)14-8-6-5-7-13(14)2/h5-8,12,19H,9-11H2,1-4H3,(H,18,21)/t12-,17-/m0/s1. The molecule has 0 bridgehead atoms. The Labute approximate surface area is 126 Å². The number of benzene rings is 1. The van der Waals surface area contributed by atoms with Gasteiger partial charge < -0.3 is 5.32 Å². The Bertz CT molecular complexity index is 569. The Morgan fingerprint density at radius 1 is 1.24 bits per heavy atom. The molecule has 1 aromatic rings. The third-order valence-corrected chi connectivity index (χ3v) is 4.61. The average molecular weight is 287 g/mol. The minimum absolute atomic E-state index is 0.0470. The molecule has 1 saturated heterocycles. The molecule has 4 heteroatoms. The fourth-order valence-electron chi connectivity index (χ4n) is 4.29. The number of para-hydroxylation sites is 1. The van der Waals surface area contributed by atoms with Gasteiger partial charge in [0.1, 0.15) is 5.66 Å². The van der Waals surface area contributed by atoms with Gasteiger partial charge in [0.15, 0.2) is 0 Å². The Balaban J connectivity index is 1.89. The van der Waals surface area contributed by atoms with E-state index in [0.29, 0.717) is 5.92 Å². The molecule has 21 heavy (non-hydrogen) atoms. The van der Waals surface area contributed by atoms with Crippen LogP contribution in [0.2, 0.25) is 0 Å². The summed E-state index contributed by atoms with van der Waals surface area (Å²) < 4.78 is 0. The van der Waals surface area contributed by atoms with Gasteiger partial charge in [-0.2, -0.15) is 0 Å². The van der Waals surface area contributed by atoms with E-state index in [1.165, 1.54) is 6.42 Å². The Hall–Kier alpha value is -1.55. The molecule has 1 spiro atoms. The number of anilines is 1. The number of urea groups is 1. The summed E-state index contributed by atoms with van der Waals surface area (Å²) in [6.07, 6.45) is 3.14. The molecular weight excluding hydrogens is 262 g/mol. The number of hydrogen-bond donors (Lipinski definition) is 2. The zero-order chi connectivity index (χ0) is 15.3. The highest BCUT2D eigenvalue weighted by atomic mass is 16.2. The molecule has 1 heterocycles. The summed E-state index contributed by atoms with van der Waals surface area (Å²) in [6.45, 7) is 8.87. The molecule has 2 N–H and O–H groups in total. The summed E-state index contributed by atoms with van der Waals surface area (Å²) >= 11 is 0. The highest BCUT2D eigenvalue weighted by Crippen LogP contribution is 2.44. The Morgan fingerprint density at radius 2 is 1.95 bits per heavy atom. The van der Waals surface area contributed by atoms with E-state index in [4.69, 9.17) is 0 Å². The van der Waals surface area contributed by atoms with E-state index in [0.717, 1.165) is 24.1 Å². The van der Waals surface area contributed by atoms with E-state index >= 15 is 0 Å². The largest absolute Gasteiger partial charge is 0.338 e. The lowest BCUT2D eigenvalue weighted by Crippen LogP contribution is -2.57. The highest BCUT2D eigenvalue weighted by molar-refractivity contribution is 5.94. The SMILES string of the molecule is Cc1ccccc1N1N[C@]2(C[C@@H](C)CC(C)(C)C2)NC1=O. The minimum atomic E-state index is -0.305. The van der Waals surface area contributed by atoms with Crippen molar-refractivity contribution in [3.63, 3.8) is 0 Å². The van der Waals surface area contributed by atoms with Crippen LogP contribution in [0, 0.1) is 18.3 Å². The first-order valence-electron chi connectivity index (χ1n) is 7.76. The van der Waals surface area contributed by atoms with Gasteiger partial charge >= 0.3 is 6.03 Å². The number of aryl methyl sites for hydroxylation is 1. The van der Waals surface area contributed by atoms with E-state index < -0.39 is 0 Å². The second-order valence-corrected chi connectivity index (χ2v) is 7.60. The van der Waals surface area contributed by atoms with Crippen LogP contribution in [0.3, 0.4) is 0 Å². The first kappa shape index (κ1) is 14.4. The van der Waals surface area contributed by atoms with Crippen molar-refractivity contribution < 1.29 is 4.79 Å². The molecular formula is C17H25N3O. The smallest absolute Gasteiger partial charge is 0.317 e. The molecule has 1 saturated carbocycles. The fourth-order valence-corrected chi connectivity index (χ4v) is 4.29. The van der Waals surface area contributed by atoms with Gasteiger partial charge in [0.25, 0.3) is 0 Å². The van der Waals surface area contributed by atoms with Crippen molar-refractivity contribution in [1.82, 2.24) is 10.7 Å². The van der Waals surface area contributed by atoms with Crippen molar-refractivity contribution in [1.29, 1.82) is 0 Å². The van der Waals surface area contributed by atoms with Gasteiger partial charge in [0, 0.05) is 0 Å². The molecule has 1 aromatic carbocycles. The Kier molecular flexibility index (Phi) is 3.24. The molecule has 1 aliphatic carbocycles. The molecule has 3 rings (SSSR count). The zero-order valence-electron chi connectivity index (χ0n) is 13.4. The van der Waals surface area contributed by atoms with Crippen LogP contribution in [0.5, 0.6) is 0 Å². The molecule has 0 aromatic heterocycles. The maximum Gasteiger partial charge on any atom is 0.338 e. The van der Waals surface area contributed by atoms with Crippen LogP contribution in [0.1, 0.15) is 45.6 Å². The summed E-state index contributed by atoms with van der Waals surface area (Å²) in [7, 11) is 0. The molecule has 0 radical (unpaired) electrons. The van der Waals surface area contributed by atoms with Crippen molar-refractivity contribution in [3.05, 3.63) is 29.8 Å². The van der Waals surface area contributed by atoms with Crippen molar-refractivity contribution in [3.8, 4) is 0 Å². The van der Waals surface area contributed by atoms with E-state index in [1.807, 2.05) is 31.2 Å². The van der Waals surface area contributed by atoms with Gasteiger partial charge in [-0.05, 0) is 49.1 Å². The van der Waals surface area contributed by atoms with Gasteiger partial charge in [-0.1, -0.05) is 39.0 Å². The summed E-state index contributed by atoms with van der Waals surface area (Å²) in [5, 5.41) is 4.89. The number of carbonyl (C=O) groups is 1.